The van der Waals surface area contributed by atoms with Crippen LogP contribution in [0.3, 0.4) is 0 Å². The minimum absolute atomic E-state index is 0.0850. The van der Waals surface area contributed by atoms with Gasteiger partial charge in [-0.1, -0.05) is 30.3 Å². The van der Waals surface area contributed by atoms with Gasteiger partial charge in [0.25, 0.3) is 0 Å². The number of sulfonamides is 1. The van der Waals surface area contributed by atoms with Crippen LogP contribution in [0.2, 0.25) is 0 Å². The second-order valence-corrected chi connectivity index (χ2v) is 7.65. The second-order valence-electron chi connectivity index (χ2n) is 5.85. The lowest BCUT2D eigenvalue weighted by molar-refractivity contribution is 0.252. The van der Waals surface area contributed by atoms with Gasteiger partial charge in [0.1, 0.15) is 0 Å². The summed E-state index contributed by atoms with van der Waals surface area (Å²) in [5, 5.41) is 9.39. The fourth-order valence-electron chi connectivity index (χ4n) is 2.46. The maximum absolute atomic E-state index is 12.1. The number of hydrogen-bond donors (Lipinski definition) is 3. The van der Waals surface area contributed by atoms with Gasteiger partial charge in [-0.05, 0) is 23.8 Å². The Morgan fingerprint density at radius 2 is 1.82 bits per heavy atom. The quantitative estimate of drug-likeness (QED) is 0.495. The molecule has 0 fully saturated rings. The molecule has 0 bridgehead atoms. The van der Waals surface area contributed by atoms with Crippen LogP contribution in [0.25, 0.3) is 5.82 Å². The molecule has 2 amide bonds. The van der Waals surface area contributed by atoms with Crippen LogP contribution in [0.1, 0.15) is 5.56 Å². The van der Waals surface area contributed by atoms with E-state index in [2.05, 4.69) is 25.4 Å². The lowest BCUT2D eigenvalue weighted by atomic mass is 10.2. The Kier molecular flexibility index (Phi) is 6.35. The molecule has 3 aromatic rings. The van der Waals surface area contributed by atoms with Crippen molar-refractivity contribution in [2.75, 3.05) is 18.4 Å². The topological polar surface area (TPSA) is 118 Å². The number of amides is 2. The highest BCUT2D eigenvalue weighted by atomic mass is 32.2. The third-order valence-electron chi connectivity index (χ3n) is 3.69. The number of hydrogen-bond acceptors (Lipinski definition) is 5. The van der Waals surface area contributed by atoms with Gasteiger partial charge in [0, 0.05) is 31.7 Å². The normalized spacial score (nSPS) is 11.1. The molecule has 0 radical (unpaired) electrons. The number of nitrogens with one attached hydrogen (secondary N) is 3. The van der Waals surface area contributed by atoms with Gasteiger partial charge in [0.2, 0.25) is 10.0 Å². The first-order valence-electron chi connectivity index (χ1n) is 8.55. The zero-order chi connectivity index (χ0) is 19.8. The molecule has 28 heavy (non-hydrogen) atoms. The van der Waals surface area contributed by atoms with Crippen molar-refractivity contribution in [3.63, 3.8) is 0 Å². The summed E-state index contributed by atoms with van der Waals surface area (Å²) in [6, 6.07) is 13.6. The molecule has 2 heterocycles. The molecule has 3 rings (SSSR count). The number of rotatable bonds is 8. The molecule has 1 aromatic carbocycles. The average molecular weight is 400 g/mol. The van der Waals surface area contributed by atoms with Crippen LogP contribution in [0, 0.1) is 0 Å². The van der Waals surface area contributed by atoms with E-state index in [0.717, 1.165) is 0 Å². The van der Waals surface area contributed by atoms with Crippen LogP contribution >= 0.6 is 0 Å². The van der Waals surface area contributed by atoms with Gasteiger partial charge in [-0.3, -0.25) is 0 Å². The Balaban J connectivity index is 1.47. The molecule has 0 aliphatic carbocycles. The molecular weight excluding hydrogens is 380 g/mol. The molecule has 3 N–H and O–H groups in total. The van der Waals surface area contributed by atoms with E-state index >= 15 is 0 Å². The Labute approximate surface area is 162 Å². The highest BCUT2D eigenvalue weighted by molar-refractivity contribution is 7.88. The highest BCUT2D eigenvalue weighted by Crippen LogP contribution is 2.15. The summed E-state index contributed by atoms with van der Waals surface area (Å²) in [5.41, 5.74) is 1.18. The van der Waals surface area contributed by atoms with Gasteiger partial charge in [0.05, 0.1) is 11.4 Å². The molecule has 10 heteroatoms. The standard InChI is InChI=1S/C18H20N6O3S/c25-18(23-16-8-4-9-19-17(16)24-13-5-10-21-24)20-11-12-22-28(26,27)14-15-6-2-1-3-7-15/h1-10,13,22H,11-12,14H2,(H2,20,23,25). The van der Waals surface area contributed by atoms with Gasteiger partial charge < -0.3 is 10.6 Å². The lowest BCUT2D eigenvalue weighted by Crippen LogP contribution is -2.37. The summed E-state index contributed by atoms with van der Waals surface area (Å²) >= 11 is 0. The predicted octanol–water partition coefficient (Wildman–Crippen LogP) is 1.51. The molecule has 9 nitrogen and oxygen atoms in total. The summed E-state index contributed by atoms with van der Waals surface area (Å²) < 4.78 is 28.1. The van der Waals surface area contributed by atoms with Gasteiger partial charge >= 0.3 is 6.03 Å². The molecule has 0 aliphatic rings. The predicted molar refractivity (Wildman–Crippen MR) is 105 cm³/mol. The van der Waals surface area contributed by atoms with Crippen LogP contribution in [0.5, 0.6) is 0 Å². The van der Waals surface area contributed by atoms with Gasteiger partial charge in [-0.25, -0.2) is 27.6 Å². The van der Waals surface area contributed by atoms with Crippen molar-refractivity contribution in [2.24, 2.45) is 0 Å². The third-order valence-corrected chi connectivity index (χ3v) is 5.05. The number of nitrogens with zero attached hydrogens (tertiary/aromatic N) is 3. The summed E-state index contributed by atoms with van der Waals surface area (Å²) in [6.07, 6.45) is 4.93. The first kappa shape index (κ1) is 19.5. The third kappa shape index (κ3) is 5.63. The molecular formula is C18H20N6O3S. The number of urea groups is 1. The molecule has 146 valence electrons. The van der Waals surface area contributed by atoms with Crippen molar-refractivity contribution in [3.05, 3.63) is 72.7 Å². The van der Waals surface area contributed by atoms with E-state index in [4.69, 9.17) is 0 Å². The van der Waals surface area contributed by atoms with Gasteiger partial charge in [0.15, 0.2) is 5.82 Å². The van der Waals surface area contributed by atoms with E-state index < -0.39 is 16.1 Å². The SMILES string of the molecule is O=C(NCCNS(=O)(=O)Cc1ccccc1)Nc1cccnc1-n1cccn1. The van der Waals surface area contributed by atoms with Crippen molar-refractivity contribution in [1.82, 2.24) is 24.8 Å². The second kappa shape index (κ2) is 9.11. The largest absolute Gasteiger partial charge is 0.337 e. The Hall–Kier alpha value is -3.24. The fourth-order valence-corrected chi connectivity index (χ4v) is 3.61. The Bertz CT molecular complexity index is 1010. The monoisotopic (exact) mass is 400 g/mol. The van der Waals surface area contributed by atoms with Crippen molar-refractivity contribution in [2.45, 2.75) is 5.75 Å². The zero-order valence-corrected chi connectivity index (χ0v) is 15.8. The maximum Gasteiger partial charge on any atom is 0.319 e. The minimum Gasteiger partial charge on any atom is -0.337 e. The molecule has 0 spiro atoms. The van der Waals surface area contributed by atoms with E-state index in [-0.39, 0.29) is 18.8 Å². The van der Waals surface area contributed by atoms with Crippen LogP contribution < -0.4 is 15.4 Å². The van der Waals surface area contributed by atoms with Gasteiger partial charge in [-0.2, -0.15) is 5.10 Å². The van der Waals surface area contributed by atoms with Crippen molar-refractivity contribution in [1.29, 1.82) is 0 Å². The number of aromatic nitrogens is 3. The van der Waals surface area contributed by atoms with Crippen molar-refractivity contribution in [3.8, 4) is 5.82 Å². The van der Waals surface area contributed by atoms with Crippen LogP contribution in [0.15, 0.2) is 67.1 Å². The number of benzene rings is 1. The van der Waals surface area contributed by atoms with E-state index in [0.29, 0.717) is 17.1 Å². The number of carbonyl (C=O) groups is 1. The molecule has 0 atom stereocenters. The summed E-state index contributed by atoms with van der Waals surface area (Å²) in [5.74, 6) is 0.370. The Morgan fingerprint density at radius 1 is 1.00 bits per heavy atom. The maximum atomic E-state index is 12.1. The fraction of sp³-hybridized carbons (Fsp3) is 0.167. The average Bonchev–Trinajstić information content (AvgIpc) is 3.21. The molecule has 0 saturated carbocycles. The summed E-state index contributed by atoms with van der Waals surface area (Å²) in [4.78, 5) is 16.3. The van der Waals surface area contributed by atoms with Crippen LogP contribution in [-0.2, 0) is 15.8 Å². The summed E-state index contributed by atoms with van der Waals surface area (Å²) in [7, 11) is -3.47. The number of anilines is 1. The number of carbonyl (C=O) groups excluding carboxylic acids is 1. The van der Waals surface area contributed by atoms with E-state index in [1.165, 1.54) is 4.68 Å². The highest BCUT2D eigenvalue weighted by Gasteiger charge is 2.12. The van der Waals surface area contributed by atoms with Crippen LogP contribution in [0.4, 0.5) is 10.5 Å². The number of pyridine rings is 1. The van der Waals surface area contributed by atoms with Crippen molar-refractivity contribution >= 4 is 21.7 Å². The summed E-state index contributed by atoms with van der Waals surface area (Å²) in [6.45, 7) is 0.221. The molecule has 0 saturated heterocycles. The van der Waals surface area contributed by atoms with Crippen LogP contribution in [-0.4, -0.2) is 42.3 Å². The molecule has 2 aromatic heterocycles. The first-order valence-corrected chi connectivity index (χ1v) is 10.2. The van der Waals surface area contributed by atoms with E-state index in [1.54, 1.807) is 61.1 Å². The molecule has 0 aliphatic heterocycles. The van der Waals surface area contributed by atoms with E-state index in [9.17, 15) is 13.2 Å². The minimum atomic E-state index is -3.47. The Morgan fingerprint density at radius 3 is 2.57 bits per heavy atom. The lowest BCUT2D eigenvalue weighted by Gasteiger charge is -2.11. The smallest absolute Gasteiger partial charge is 0.319 e. The van der Waals surface area contributed by atoms with Crippen molar-refractivity contribution < 1.29 is 13.2 Å². The van der Waals surface area contributed by atoms with Gasteiger partial charge in [-0.15, -0.1) is 0 Å². The zero-order valence-electron chi connectivity index (χ0n) is 14.9. The first-order chi connectivity index (χ1) is 13.5. The van der Waals surface area contributed by atoms with E-state index in [1.807, 2.05) is 6.07 Å². The molecule has 0 unspecified atom stereocenters.